The molecule has 1 aromatic heterocycles. The summed E-state index contributed by atoms with van der Waals surface area (Å²) in [6.07, 6.45) is 1.61. The fraction of sp³-hybridized carbons (Fsp3) is 0.320. The van der Waals surface area contributed by atoms with Gasteiger partial charge in [0.05, 0.1) is 12.2 Å². The summed E-state index contributed by atoms with van der Waals surface area (Å²) in [4.78, 5) is 18.1. The summed E-state index contributed by atoms with van der Waals surface area (Å²) in [5.41, 5.74) is 4.78. The van der Waals surface area contributed by atoms with Crippen LogP contribution in [0.3, 0.4) is 0 Å². The summed E-state index contributed by atoms with van der Waals surface area (Å²) in [7, 11) is 0. The number of pyridine rings is 1. The second kappa shape index (κ2) is 8.21. The van der Waals surface area contributed by atoms with E-state index in [2.05, 4.69) is 22.0 Å². The van der Waals surface area contributed by atoms with Crippen LogP contribution in [-0.4, -0.2) is 29.8 Å². The molecule has 0 amide bonds. The Bertz CT molecular complexity index is 1140. The molecule has 0 radical (unpaired) electrons. The number of aromatic nitrogens is 1. The molecule has 2 aromatic carbocycles. The Morgan fingerprint density at radius 3 is 2.52 bits per heavy atom. The van der Waals surface area contributed by atoms with Crippen LogP contribution < -0.4 is 14.9 Å². The number of nitrogens with one attached hydrogen (secondary N) is 1. The van der Waals surface area contributed by atoms with E-state index in [0.29, 0.717) is 6.54 Å². The van der Waals surface area contributed by atoms with Crippen molar-refractivity contribution in [2.24, 2.45) is 0 Å². The summed E-state index contributed by atoms with van der Waals surface area (Å²) < 4.78 is 17.6. The van der Waals surface area contributed by atoms with Crippen LogP contribution in [0.15, 0.2) is 59.5 Å². The molecule has 2 aliphatic rings. The number of H-pyrrole nitrogens is 1. The van der Waals surface area contributed by atoms with E-state index in [-0.39, 0.29) is 24.4 Å². The standard InChI is InChI=1S/C25H26N2O4/c1-16-11-26-20(17(2)25(16)28)12-27-13-23(18-6-4-3-5-7-18)31-24(14-27)19-8-9-21-22(10-19)30-15-29-21/h3-11,23-24H,12-15H2,1-2H3,(H,26,28)/t23-,24+/m0/s1. The van der Waals surface area contributed by atoms with Crippen molar-refractivity contribution >= 4 is 0 Å². The van der Waals surface area contributed by atoms with E-state index in [9.17, 15) is 4.79 Å². The molecule has 3 aromatic rings. The Morgan fingerprint density at radius 1 is 0.968 bits per heavy atom. The molecule has 6 nitrogen and oxygen atoms in total. The van der Waals surface area contributed by atoms with Gasteiger partial charge in [0.15, 0.2) is 16.9 Å². The largest absolute Gasteiger partial charge is 0.454 e. The van der Waals surface area contributed by atoms with Gasteiger partial charge < -0.3 is 19.2 Å². The van der Waals surface area contributed by atoms with Gasteiger partial charge in [-0.1, -0.05) is 36.4 Å². The lowest BCUT2D eigenvalue weighted by atomic mass is 10.0. The number of morpholine rings is 1. The molecule has 0 unspecified atom stereocenters. The molecule has 1 fully saturated rings. The van der Waals surface area contributed by atoms with Crippen LogP contribution in [0.4, 0.5) is 0 Å². The van der Waals surface area contributed by atoms with Crippen molar-refractivity contribution in [1.29, 1.82) is 0 Å². The number of nitrogens with zero attached hydrogens (tertiary/aromatic N) is 1. The highest BCUT2D eigenvalue weighted by molar-refractivity contribution is 5.45. The van der Waals surface area contributed by atoms with Crippen molar-refractivity contribution in [3.8, 4) is 11.5 Å². The van der Waals surface area contributed by atoms with Crippen molar-refractivity contribution in [2.75, 3.05) is 19.9 Å². The van der Waals surface area contributed by atoms with Gasteiger partial charge in [-0.15, -0.1) is 0 Å². The predicted molar refractivity (Wildman–Crippen MR) is 117 cm³/mol. The number of aryl methyl sites for hydroxylation is 1. The molecule has 5 rings (SSSR count). The van der Waals surface area contributed by atoms with Crippen molar-refractivity contribution in [1.82, 2.24) is 9.88 Å². The Morgan fingerprint density at radius 2 is 1.71 bits per heavy atom. The lowest BCUT2D eigenvalue weighted by molar-refractivity contribution is -0.0925. The first-order valence-electron chi connectivity index (χ1n) is 10.6. The minimum atomic E-state index is -0.120. The number of aromatic amines is 1. The Balaban J connectivity index is 1.45. The van der Waals surface area contributed by atoms with Crippen LogP contribution >= 0.6 is 0 Å². The predicted octanol–water partition coefficient (Wildman–Crippen LogP) is 4.04. The summed E-state index contributed by atoms with van der Waals surface area (Å²) in [5.74, 6) is 1.53. The van der Waals surface area contributed by atoms with Gasteiger partial charge in [0.25, 0.3) is 0 Å². The summed E-state index contributed by atoms with van der Waals surface area (Å²) in [5, 5.41) is 0. The van der Waals surface area contributed by atoms with Gasteiger partial charge in [0.1, 0.15) is 0 Å². The average molecular weight is 418 g/mol. The highest BCUT2D eigenvalue weighted by Gasteiger charge is 2.31. The third-order valence-electron chi connectivity index (χ3n) is 6.11. The van der Waals surface area contributed by atoms with Gasteiger partial charge in [-0.05, 0) is 37.1 Å². The maximum Gasteiger partial charge on any atom is 0.231 e. The van der Waals surface area contributed by atoms with Gasteiger partial charge in [0, 0.05) is 42.7 Å². The lowest BCUT2D eigenvalue weighted by Gasteiger charge is -2.38. The van der Waals surface area contributed by atoms with E-state index in [4.69, 9.17) is 14.2 Å². The zero-order valence-corrected chi connectivity index (χ0v) is 17.8. The van der Waals surface area contributed by atoms with Crippen molar-refractivity contribution in [3.05, 3.63) is 92.9 Å². The van der Waals surface area contributed by atoms with E-state index < -0.39 is 0 Å². The highest BCUT2D eigenvalue weighted by Crippen LogP contribution is 2.38. The quantitative estimate of drug-likeness (QED) is 0.693. The number of hydrogen-bond acceptors (Lipinski definition) is 5. The van der Waals surface area contributed by atoms with Crippen LogP contribution in [0.2, 0.25) is 0 Å². The van der Waals surface area contributed by atoms with Crippen LogP contribution in [0.1, 0.15) is 40.2 Å². The van der Waals surface area contributed by atoms with Gasteiger partial charge in [-0.2, -0.15) is 0 Å². The second-order valence-corrected chi connectivity index (χ2v) is 8.24. The molecule has 0 bridgehead atoms. The summed E-state index contributed by atoms with van der Waals surface area (Å²) in [6, 6.07) is 16.3. The molecule has 1 saturated heterocycles. The van der Waals surface area contributed by atoms with E-state index >= 15 is 0 Å². The zero-order chi connectivity index (χ0) is 21.4. The zero-order valence-electron chi connectivity index (χ0n) is 17.8. The first-order chi connectivity index (χ1) is 15.1. The number of rotatable bonds is 4. The Labute approximate surface area is 181 Å². The topological polar surface area (TPSA) is 63.8 Å². The molecule has 160 valence electrons. The van der Waals surface area contributed by atoms with Gasteiger partial charge in [0.2, 0.25) is 6.79 Å². The maximum absolute atomic E-state index is 12.4. The molecule has 0 aliphatic carbocycles. The summed E-state index contributed by atoms with van der Waals surface area (Å²) >= 11 is 0. The van der Waals surface area contributed by atoms with E-state index in [1.165, 1.54) is 0 Å². The van der Waals surface area contributed by atoms with Crippen LogP contribution in [0.25, 0.3) is 0 Å². The third-order valence-corrected chi connectivity index (χ3v) is 6.11. The first kappa shape index (κ1) is 19.8. The maximum atomic E-state index is 12.4. The minimum absolute atomic E-state index is 0.0668. The van der Waals surface area contributed by atoms with Gasteiger partial charge >= 0.3 is 0 Å². The SMILES string of the molecule is Cc1c[nH]c(CN2C[C@@H](c3ccccc3)O[C@@H](c3ccc4c(c3)OCO4)C2)c(C)c1=O. The number of hydrogen-bond donors (Lipinski definition) is 1. The molecule has 6 heteroatoms. The van der Waals surface area contributed by atoms with Crippen LogP contribution in [0, 0.1) is 13.8 Å². The molecule has 0 saturated carbocycles. The number of ether oxygens (including phenoxy) is 3. The highest BCUT2D eigenvalue weighted by atomic mass is 16.7. The molecular formula is C25H26N2O4. The molecule has 2 atom stereocenters. The number of benzene rings is 2. The molecular weight excluding hydrogens is 392 g/mol. The molecule has 31 heavy (non-hydrogen) atoms. The minimum Gasteiger partial charge on any atom is -0.454 e. The average Bonchev–Trinajstić information content (AvgIpc) is 3.28. The molecule has 0 spiro atoms. The van der Waals surface area contributed by atoms with Crippen molar-refractivity contribution < 1.29 is 14.2 Å². The molecule has 1 N–H and O–H groups in total. The molecule has 2 aliphatic heterocycles. The van der Waals surface area contributed by atoms with Crippen molar-refractivity contribution in [2.45, 2.75) is 32.6 Å². The normalized spacial score (nSPS) is 20.7. The Hall–Kier alpha value is -3.09. The number of fused-ring (bicyclic) bond motifs is 1. The van der Waals surface area contributed by atoms with Crippen LogP contribution in [-0.2, 0) is 11.3 Å². The fourth-order valence-corrected chi connectivity index (χ4v) is 4.30. The van der Waals surface area contributed by atoms with E-state index in [1.54, 1.807) is 6.20 Å². The third kappa shape index (κ3) is 3.96. The first-order valence-corrected chi connectivity index (χ1v) is 10.6. The lowest BCUT2D eigenvalue weighted by Crippen LogP contribution is -2.40. The van der Waals surface area contributed by atoms with Crippen molar-refractivity contribution in [3.63, 3.8) is 0 Å². The van der Waals surface area contributed by atoms with Crippen LogP contribution in [0.5, 0.6) is 11.5 Å². The van der Waals surface area contributed by atoms with Gasteiger partial charge in [-0.25, -0.2) is 0 Å². The fourth-order valence-electron chi connectivity index (χ4n) is 4.30. The van der Waals surface area contributed by atoms with E-state index in [1.807, 2.05) is 50.2 Å². The van der Waals surface area contributed by atoms with Gasteiger partial charge in [-0.3, -0.25) is 9.69 Å². The van der Waals surface area contributed by atoms with E-state index in [0.717, 1.165) is 52.5 Å². The summed E-state index contributed by atoms with van der Waals surface area (Å²) in [6.45, 7) is 6.12. The molecule has 3 heterocycles. The monoisotopic (exact) mass is 418 g/mol. The second-order valence-electron chi connectivity index (χ2n) is 8.24. The Kier molecular flexibility index (Phi) is 5.26. The smallest absolute Gasteiger partial charge is 0.231 e.